The molecule has 1 rings (SSSR count). The van der Waals surface area contributed by atoms with E-state index in [1.165, 1.54) is 6.07 Å². The summed E-state index contributed by atoms with van der Waals surface area (Å²) in [6.07, 6.45) is 0.279. The molecule has 0 saturated heterocycles. The molecule has 0 fully saturated rings. The number of aliphatic hydroxyl groups excluding tert-OH is 1. The fraction of sp³-hybridized carbons (Fsp3) is 0.455. The van der Waals surface area contributed by atoms with E-state index in [0.29, 0.717) is 0 Å². The van der Waals surface area contributed by atoms with Gasteiger partial charge in [-0.2, -0.15) is 0 Å². The molecule has 88 valence electrons. The Morgan fingerprint density at radius 2 is 2.19 bits per heavy atom. The maximum atomic E-state index is 12.6. The molecule has 0 radical (unpaired) electrons. The highest BCUT2D eigenvalue weighted by molar-refractivity contribution is 5.92. The summed E-state index contributed by atoms with van der Waals surface area (Å²) >= 11 is 0. The first-order chi connectivity index (χ1) is 7.33. The molecule has 1 aromatic heterocycles. The third-order valence-corrected chi connectivity index (χ3v) is 2.44. The van der Waals surface area contributed by atoms with Crippen molar-refractivity contribution in [3.8, 4) is 0 Å². The van der Waals surface area contributed by atoms with Gasteiger partial charge in [-0.05, 0) is 32.9 Å². The summed E-state index contributed by atoms with van der Waals surface area (Å²) in [5.74, 6) is -0.933. The van der Waals surface area contributed by atoms with Gasteiger partial charge in [0.25, 0.3) is 5.91 Å². The van der Waals surface area contributed by atoms with E-state index in [-0.39, 0.29) is 5.69 Å². The van der Waals surface area contributed by atoms with E-state index in [0.717, 1.165) is 12.3 Å². The fourth-order valence-electron chi connectivity index (χ4n) is 0.971. The molecule has 1 amide bonds. The Bertz CT molecular complexity index is 374. The van der Waals surface area contributed by atoms with E-state index in [4.69, 9.17) is 0 Å². The molecule has 1 heterocycles. The number of hydrogen-bond acceptors (Lipinski definition) is 3. The molecule has 1 unspecified atom stereocenters. The summed E-state index contributed by atoms with van der Waals surface area (Å²) < 4.78 is 12.6. The minimum atomic E-state index is -0.757. The Labute approximate surface area is 93.5 Å². The molecule has 5 heteroatoms. The lowest BCUT2D eigenvalue weighted by atomic mass is 9.98. The van der Waals surface area contributed by atoms with Gasteiger partial charge in [-0.15, -0.1) is 0 Å². The van der Waals surface area contributed by atoms with Gasteiger partial charge in [0.2, 0.25) is 0 Å². The number of rotatable bonds is 3. The second kappa shape index (κ2) is 4.57. The van der Waals surface area contributed by atoms with Crippen LogP contribution in [0.5, 0.6) is 0 Å². The van der Waals surface area contributed by atoms with Crippen LogP contribution in [0.15, 0.2) is 18.3 Å². The summed E-state index contributed by atoms with van der Waals surface area (Å²) in [5.41, 5.74) is -0.636. The molecule has 0 aromatic carbocycles. The van der Waals surface area contributed by atoms with Crippen molar-refractivity contribution < 1.29 is 14.3 Å². The molecule has 0 bridgehead atoms. The molecule has 2 N–H and O–H groups in total. The van der Waals surface area contributed by atoms with Crippen LogP contribution < -0.4 is 5.32 Å². The summed E-state index contributed by atoms with van der Waals surface area (Å²) in [7, 11) is 0. The minimum Gasteiger partial charge on any atom is -0.391 e. The highest BCUT2D eigenvalue weighted by atomic mass is 19.1. The van der Waals surface area contributed by atoms with Gasteiger partial charge in [0.05, 0.1) is 17.8 Å². The number of halogens is 1. The van der Waals surface area contributed by atoms with Crippen LogP contribution in [0.1, 0.15) is 31.3 Å². The molecule has 0 aliphatic rings. The molecule has 0 aliphatic carbocycles. The van der Waals surface area contributed by atoms with E-state index in [9.17, 15) is 14.3 Å². The first-order valence-electron chi connectivity index (χ1n) is 4.95. The molecule has 0 spiro atoms. The largest absolute Gasteiger partial charge is 0.391 e. The highest BCUT2D eigenvalue weighted by Gasteiger charge is 2.26. The standard InChI is InChI=1S/C11H15FN2O2/c1-7(15)11(2,3)14-10(16)9-5-4-8(12)6-13-9/h4-7,15H,1-3H3,(H,14,16). The zero-order valence-corrected chi connectivity index (χ0v) is 9.49. The lowest BCUT2D eigenvalue weighted by molar-refractivity contribution is 0.0705. The summed E-state index contributed by atoms with van der Waals surface area (Å²) in [6, 6.07) is 2.46. The van der Waals surface area contributed by atoms with Gasteiger partial charge in [-0.1, -0.05) is 0 Å². The van der Waals surface area contributed by atoms with Gasteiger partial charge < -0.3 is 10.4 Å². The van der Waals surface area contributed by atoms with Crippen molar-refractivity contribution in [2.24, 2.45) is 0 Å². The van der Waals surface area contributed by atoms with Crippen molar-refractivity contribution in [2.45, 2.75) is 32.4 Å². The molecular weight excluding hydrogens is 211 g/mol. The quantitative estimate of drug-likeness (QED) is 0.811. The van der Waals surface area contributed by atoms with Crippen LogP contribution in [-0.2, 0) is 0 Å². The van der Waals surface area contributed by atoms with Crippen LogP contribution in [0.3, 0.4) is 0 Å². The van der Waals surface area contributed by atoms with E-state index < -0.39 is 23.4 Å². The van der Waals surface area contributed by atoms with Gasteiger partial charge in [-0.25, -0.2) is 9.37 Å². The SMILES string of the molecule is CC(O)C(C)(C)NC(=O)c1ccc(F)cn1. The second-order valence-corrected chi connectivity index (χ2v) is 4.21. The Hall–Kier alpha value is -1.49. The number of aromatic nitrogens is 1. The number of nitrogens with zero attached hydrogens (tertiary/aromatic N) is 1. The molecule has 0 aliphatic heterocycles. The van der Waals surface area contributed by atoms with Crippen molar-refractivity contribution in [3.63, 3.8) is 0 Å². The molecular formula is C11H15FN2O2. The molecule has 4 nitrogen and oxygen atoms in total. The molecule has 16 heavy (non-hydrogen) atoms. The number of carbonyl (C=O) groups is 1. The number of hydrogen-bond donors (Lipinski definition) is 2. The van der Waals surface area contributed by atoms with Crippen molar-refractivity contribution in [2.75, 3.05) is 0 Å². The Balaban J connectivity index is 2.77. The number of aliphatic hydroxyl groups is 1. The van der Waals surface area contributed by atoms with E-state index >= 15 is 0 Å². The zero-order valence-electron chi connectivity index (χ0n) is 9.49. The predicted octanol–water partition coefficient (Wildman–Crippen LogP) is 1.11. The maximum absolute atomic E-state index is 12.6. The molecule has 0 saturated carbocycles. The third kappa shape index (κ3) is 3.00. The summed E-state index contributed by atoms with van der Waals surface area (Å²) in [4.78, 5) is 15.3. The van der Waals surface area contributed by atoms with E-state index in [1.54, 1.807) is 20.8 Å². The Morgan fingerprint density at radius 3 is 2.62 bits per heavy atom. The monoisotopic (exact) mass is 226 g/mol. The third-order valence-electron chi connectivity index (χ3n) is 2.44. The lowest BCUT2D eigenvalue weighted by Gasteiger charge is -2.29. The van der Waals surface area contributed by atoms with Gasteiger partial charge in [0.15, 0.2) is 0 Å². The summed E-state index contributed by atoms with van der Waals surface area (Å²) in [6.45, 7) is 4.97. The van der Waals surface area contributed by atoms with Crippen molar-refractivity contribution >= 4 is 5.91 Å². The number of nitrogens with one attached hydrogen (secondary N) is 1. The van der Waals surface area contributed by atoms with Gasteiger partial charge >= 0.3 is 0 Å². The molecule has 1 atom stereocenters. The van der Waals surface area contributed by atoms with Crippen LogP contribution in [0, 0.1) is 5.82 Å². The van der Waals surface area contributed by atoms with Crippen LogP contribution in [0.25, 0.3) is 0 Å². The van der Waals surface area contributed by atoms with Crippen LogP contribution in [0.4, 0.5) is 4.39 Å². The number of pyridine rings is 1. The van der Waals surface area contributed by atoms with Crippen molar-refractivity contribution in [3.05, 3.63) is 29.8 Å². The average molecular weight is 226 g/mol. The average Bonchev–Trinajstić information content (AvgIpc) is 2.17. The first-order valence-corrected chi connectivity index (χ1v) is 4.95. The molecule has 1 aromatic rings. The Morgan fingerprint density at radius 1 is 1.56 bits per heavy atom. The predicted molar refractivity (Wildman–Crippen MR) is 57.4 cm³/mol. The number of amides is 1. The lowest BCUT2D eigenvalue weighted by Crippen LogP contribution is -2.51. The van der Waals surface area contributed by atoms with Crippen LogP contribution >= 0.6 is 0 Å². The van der Waals surface area contributed by atoms with Crippen molar-refractivity contribution in [1.29, 1.82) is 0 Å². The fourth-order valence-corrected chi connectivity index (χ4v) is 0.971. The first kappa shape index (κ1) is 12.6. The van der Waals surface area contributed by atoms with Gasteiger partial charge in [0, 0.05) is 0 Å². The normalized spacial score (nSPS) is 13.3. The van der Waals surface area contributed by atoms with Crippen LogP contribution in [0.2, 0.25) is 0 Å². The topological polar surface area (TPSA) is 62.2 Å². The van der Waals surface area contributed by atoms with Crippen LogP contribution in [-0.4, -0.2) is 27.6 Å². The van der Waals surface area contributed by atoms with E-state index in [2.05, 4.69) is 10.3 Å². The summed E-state index contributed by atoms with van der Waals surface area (Å²) in [5, 5.41) is 12.0. The smallest absolute Gasteiger partial charge is 0.270 e. The second-order valence-electron chi connectivity index (χ2n) is 4.21. The Kier molecular flexibility index (Phi) is 3.59. The van der Waals surface area contributed by atoms with Gasteiger partial charge in [0.1, 0.15) is 11.5 Å². The zero-order chi connectivity index (χ0) is 12.3. The highest BCUT2D eigenvalue weighted by Crippen LogP contribution is 2.09. The van der Waals surface area contributed by atoms with E-state index in [1.807, 2.05) is 0 Å². The van der Waals surface area contributed by atoms with Crippen molar-refractivity contribution in [1.82, 2.24) is 10.3 Å². The van der Waals surface area contributed by atoms with Gasteiger partial charge in [-0.3, -0.25) is 4.79 Å². The number of carbonyl (C=O) groups excluding carboxylic acids is 1. The maximum Gasteiger partial charge on any atom is 0.270 e. The minimum absolute atomic E-state index is 0.120.